The topological polar surface area (TPSA) is 92.5 Å². The molecule has 7 nitrogen and oxygen atoms in total. The van der Waals surface area contributed by atoms with E-state index in [1.165, 1.54) is 9.87 Å². The Kier molecular flexibility index (Phi) is 6.74. The summed E-state index contributed by atoms with van der Waals surface area (Å²) in [5.41, 5.74) is 1.59. The highest BCUT2D eigenvalue weighted by Gasteiger charge is 2.36. The number of nitrogens with zero attached hydrogens (tertiary/aromatic N) is 2. The first kappa shape index (κ1) is 21.5. The van der Waals surface area contributed by atoms with Gasteiger partial charge in [0.15, 0.2) is 5.76 Å². The number of aromatic nitrogens is 1. The van der Waals surface area contributed by atoms with Crippen molar-refractivity contribution in [1.29, 1.82) is 0 Å². The number of piperidine rings is 1. The first-order valence-electron chi connectivity index (χ1n) is 10.1. The number of rotatable bonds is 7. The molecule has 0 bridgehead atoms. The second-order valence-electron chi connectivity index (χ2n) is 7.79. The second-order valence-corrected chi connectivity index (χ2v) is 9.66. The SMILES string of the molecule is Cc1noc(C)c1S(=O)(=O)N1CCC[C@@H](C(=O)N[C@H](C)CCc2ccccc2)C1. The van der Waals surface area contributed by atoms with Crippen LogP contribution in [0.15, 0.2) is 39.8 Å². The Hall–Kier alpha value is -2.19. The summed E-state index contributed by atoms with van der Waals surface area (Å²) < 4.78 is 32.5. The highest BCUT2D eigenvalue weighted by Crippen LogP contribution is 2.27. The van der Waals surface area contributed by atoms with Gasteiger partial charge in [0.1, 0.15) is 10.6 Å². The molecule has 1 saturated heterocycles. The predicted molar refractivity (Wildman–Crippen MR) is 110 cm³/mol. The molecular weight excluding hydrogens is 390 g/mol. The predicted octanol–water partition coefficient (Wildman–Crippen LogP) is 2.83. The van der Waals surface area contributed by atoms with Gasteiger partial charge < -0.3 is 9.84 Å². The Morgan fingerprint density at radius 2 is 2.03 bits per heavy atom. The summed E-state index contributed by atoms with van der Waals surface area (Å²) in [5, 5.41) is 6.81. The van der Waals surface area contributed by atoms with E-state index >= 15 is 0 Å². The summed E-state index contributed by atoms with van der Waals surface area (Å²) in [6.45, 7) is 5.78. The van der Waals surface area contributed by atoms with Gasteiger partial charge in [-0.2, -0.15) is 4.31 Å². The molecule has 0 spiro atoms. The van der Waals surface area contributed by atoms with Crippen molar-refractivity contribution in [2.45, 2.75) is 57.4 Å². The Morgan fingerprint density at radius 1 is 1.31 bits per heavy atom. The van der Waals surface area contributed by atoms with E-state index in [1.54, 1.807) is 13.8 Å². The van der Waals surface area contributed by atoms with Crippen LogP contribution >= 0.6 is 0 Å². The molecule has 1 aliphatic rings. The van der Waals surface area contributed by atoms with E-state index in [0.717, 1.165) is 12.8 Å². The number of carbonyl (C=O) groups is 1. The molecule has 0 aliphatic carbocycles. The highest BCUT2D eigenvalue weighted by molar-refractivity contribution is 7.89. The van der Waals surface area contributed by atoms with Crippen LogP contribution in [-0.2, 0) is 21.2 Å². The fourth-order valence-electron chi connectivity index (χ4n) is 3.81. The Morgan fingerprint density at radius 3 is 2.69 bits per heavy atom. The van der Waals surface area contributed by atoms with E-state index in [4.69, 9.17) is 4.52 Å². The summed E-state index contributed by atoms with van der Waals surface area (Å²) in [7, 11) is -3.72. The van der Waals surface area contributed by atoms with E-state index in [2.05, 4.69) is 22.6 Å². The molecule has 0 radical (unpaired) electrons. The van der Waals surface area contributed by atoms with Crippen molar-refractivity contribution in [2.24, 2.45) is 5.92 Å². The number of aryl methyl sites for hydroxylation is 3. The molecule has 29 heavy (non-hydrogen) atoms. The minimum absolute atomic E-state index is 0.0252. The van der Waals surface area contributed by atoms with Crippen LogP contribution in [0.2, 0.25) is 0 Å². The van der Waals surface area contributed by atoms with Gasteiger partial charge in [-0.25, -0.2) is 8.42 Å². The normalized spacial score (nSPS) is 19.1. The summed E-state index contributed by atoms with van der Waals surface area (Å²) in [6.07, 6.45) is 3.06. The lowest BCUT2D eigenvalue weighted by molar-refractivity contribution is -0.126. The summed E-state index contributed by atoms with van der Waals surface area (Å²) in [4.78, 5) is 12.9. The molecule has 1 N–H and O–H groups in total. The smallest absolute Gasteiger partial charge is 0.248 e. The first-order valence-corrected chi connectivity index (χ1v) is 11.5. The number of hydrogen-bond acceptors (Lipinski definition) is 5. The van der Waals surface area contributed by atoms with Crippen molar-refractivity contribution in [3.05, 3.63) is 47.3 Å². The minimum atomic E-state index is -3.72. The zero-order valence-electron chi connectivity index (χ0n) is 17.2. The van der Waals surface area contributed by atoms with Gasteiger partial charge >= 0.3 is 0 Å². The van der Waals surface area contributed by atoms with Gasteiger partial charge in [-0.3, -0.25) is 4.79 Å². The van der Waals surface area contributed by atoms with Crippen molar-refractivity contribution in [3.8, 4) is 0 Å². The fraction of sp³-hybridized carbons (Fsp3) is 0.524. The van der Waals surface area contributed by atoms with Crippen LogP contribution in [0.3, 0.4) is 0 Å². The van der Waals surface area contributed by atoms with Gasteiger partial charge in [-0.05, 0) is 52.0 Å². The molecule has 1 fully saturated rings. The Bertz CT molecular complexity index is 921. The largest absolute Gasteiger partial charge is 0.360 e. The van der Waals surface area contributed by atoms with E-state index in [-0.39, 0.29) is 35.1 Å². The lowest BCUT2D eigenvalue weighted by atomic mass is 9.98. The van der Waals surface area contributed by atoms with Crippen LogP contribution in [0.1, 0.15) is 43.2 Å². The van der Waals surface area contributed by atoms with Gasteiger partial charge in [-0.1, -0.05) is 35.5 Å². The third kappa shape index (κ3) is 5.05. The van der Waals surface area contributed by atoms with Crippen molar-refractivity contribution in [1.82, 2.24) is 14.8 Å². The van der Waals surface area contributed by atoms with Crippen LogP contribution < -0.4 is 5.32 Å². The van der Waals surface area contributed by atoms with E-state index in [0.29, 0.717) is 25.1 Å². The van der Waals surface area contributed by atoms with Crippen molar-refractivity contribution >= 4 is 15.9 Å². The fourth-order valence-corrected chi connectivity index (χ4v) is 5.62. The molecule has 1 aliphatic heterocycles. The maximum atomic E-state index is 13.0. The van der Waals surface area contributed by atoms with Gasteiger partial charge in [0.05, 0.1) is 5.92 Å². The van der Waals surface area contributed by atoms with Crippen LogP contribution in [0, 0.1) is 19.8 Å². The zero-order chi connectivity index (χ0) is 21.0. The molecule has 2 heterocycles. The van der Waals surface area contributed by atoms with Gasteiger partial charge in [-0.15, -0.1) is 0 Å². The Balaban J connectivity index is 1.59. The standard InChI is InChI=1S/C21H29N3O4S/c1-15(11-12-18-8-5-4-6-9-18)22-21(25)19-10-7-13-24(14-19)29(26,27)20-16(2)23-28-17(20)3/h4-6,8-9,15,19H,7,10-14H2,1-3H3,(H,22,25)/t15-,19-/m1/s1. The number of amides is 1. The van der Waals surface area contributed by atoms with Crippen molar-refractivity contribution in [2.75, 3.05) is 13.1 Å². The molecule has 1 aromatic heterocycles. The van der Waals surface area contributed by atoms with Gasteiger partial charge in [0.2, 0.25) is 15.9 Å². The number of nitrogens with one attached hydrogen (secondary N) is 1. The lowest BCUT2D eigenvalue weighted by Gasteiger charge is -2.31. The van der Waals surface area contributed by atoms with E-state index < -0.39 is 10.0 Å². The van der Waals surface area contributed by atoms with Crippen molar-refractivity contribution in [3.63, 3.8) is 0 Å². The number of benzene rings is 1. The first-order chi connectivity index (χ1) is 13.8. The van der Waals surface area contributed by atoms with Gasteiger partial charge in [0.25, 0.3) is 0 Å². The lowest BCUT2D eigenvalue weighted by Crippen LogP contribution is -2.47. The molecule has 1 amide bonds. The molecule has 1 aromatic carbocycles. The van der Waals surface area contributed by atoms with E-state index in [1.807, 2.05) is 25.1 Å². The quantitative estimate of drug-likeness (QED) is 0.745. The highest BCUT2D eigenvalue weighted by atomic mass is 32.2. The summed E-state index contributed by atoms with van der Waals surface area (Å²) in [6, 6.07) is 10.2. The van der Waals surface area contributed by atoms with E-state index in [9.17, 15) is 13.2 Å². The minimum Gasteiger partial charge on any atom is -0.360 e. The molecule has 2 atom stereocenters. The average Bonchev–Trinajstić information content (AvgIpc) is 3.06. The molecule has 0 saturated carbocycles. The molecule has 158 valence electrons. The Labute approximate surface area is 172 Å². The molecule has 0 unspecified atom stereocenters. The number of hydrogen-bond donors (Lipinski definition) is 1. The summed E-state index contributed by atoms with van der Waals surface area (Å²) in [5.74, 6) is -0.147. The number of carbonyl (C=O) groups excluding carboxylic acids is 1. The third-order valence-corrected chi connectivity index (χ3v) is 7.53. The number of sulfonamides is 1. The van der Waals surface area contributed by atoms with Crippen LogP contribution in [0.5, 0.6) is 0 Å². The maximum absolute atomic E-state index is 13.0. The molecular formula is C21H29N3O4S. The molecule has 3 rings (SSSR count). The summed E-state index contributed by atoms with van der Waals surface area (Å²) >= 11 is 0. The molecule has 2 aromatic rings. The molecule has 8 heteroatoms. The zero-order valence-corrected chi connectivity index (χ0v) is 18.0. The van der Waals surface area contributed by atoms with Crippen molar-refractivity contribution < 1.29 is 17.7 Å². The monoisotopic (exact) mass is 419 g/mol. The van der Waals surface area contributed by atoms with Gasteiger partial charge in [0, 0.05) is 19.1 Å². The van der Waals surface area contributed by atoms with Crippen LogP contribution in [-0.4, -0.2) is 42.9 Å². The second kappa shape index (κ2) is 9.09. The maximum Gasteiger partial charge on any atom is 0.248 e. The average molecular weight is 420 g/mol. The van der Waals surface area contributed by atoms with Crippen LogP contribution in [0.4, 0.5) is 0 Å². The van der Waals surface area contributed by atoms with Crippen LogP contribution in [0.25, 0.3) is 0 Å². The third-order valence-electron chi connectivity index (χ3n) is 5.42.